The Kier molecular flexibility index (Phi) is 7.58. The fraction of sp³-hybridized carbons (Fsp3) is 0.320. The maximum atomic E-state index is 12.9. The fourth-order valence-electron chi connectivity index (χ4n) is 3.78. The molecular weight excluding hydrogens is 480 g/mol. The number of aromatic amines is 1. The van der Waals surface area contributed by atoms with Crippen molar-refractivity contribution in [3.05, 3.63) is 71.1 Å². The van der Waals surface area contributed by atoms with Gasteiger partial charge in [-0.15, -0.1) is 5.10 Å². The van der Waals surface area contributed by atoms with Gasteiger partial charge in [0.15, 0.2) is 5.82 Å². The molecule has 0 aliphatic rings. The minimum absolute atomic E-state index is 0.0969. The minimum atomic E-state index is -3.83. The van der Waals surface area contributed by atoms with E-state index in [0.29, 0.717) is 29.9 Å². The molecule has 0 spiro atoms. The molecule has 0 fully saturated rings. The summed E-state index contributed by atoms with van der Waals surface area (Å²) >= 11 is 0. The van der Waals surface area contributed by atoms with Crippen molar-refractivity contribution < 1.29 is 17.7 Å². The maximum Gasteiger partial charge on any atom is 0.303 e. The second kappa shape index (κ2) is 10.8. The van der Waals surface area contributed by atoms with Gasteiger partial charge in [-0.05, 0) is 59.9 Å². The zero-order valence-electron chi connectivity index (χ0n) is 20.4. The highest BCUT2D eigenvalue weighted by molar-refractivity contribution is 7.90. The topological polar surface area (TPSA) is 144 Å². The van der Waals surface area contributed by atoms with E-state index in [4.69, 9.17) is 4.52 Å². The summed E-state index contributed by atoms with van der Waals surface area (Å²) in [7, 11) is -3.83. The Morgan fingerprint density at radius 1 is 1.11 bits per heavy atom. The van der Waals surface area contributed by atoms with Crippen LogP contribution in [0, 0.1) is 0 Å². The van der Waals surface area contributed by atoms with Crippen LogP contribution in [-0.4, -0.2) is 45.4 Å². The summed E-state index contributed by atoms with van der Waals surface area (Å²) in [6, 6.07) is 15.8. The van der Waals surface area contributed by atoms with Gasteiger partial charge >= 0.3 is 5.91 Å². The minimum Gasteiger partial charge on any atom is -0.350 e. The Morgan fingerprint density at radius 3 is 2.56 bits per heavy atom. The third kappa shape index (κ3) is 5.51. The lowest BCUT2D eigenvalue weighted by atomic mass is 9.93. The molecule has 2 aromatic heterocycles. The van der Waals surface area contributed by atoms with Gasteiger partial charge in [-0.2, -0.15) is 0 Å². The van der Waals surface area contributed by atoms with Crippen LogP contribution in [0.5, 0.6) is 0 Å². The van der Waals surface area contributed by atoms with Crippen molar-refractivity contribution in [1.82, 2.24) is 30.5 Å². The van der Waals surface area contributed by atoms with Gasteiger partial charge in [0.05, 0.1) is 10.9 Å². The zero-order valence-corrected chi connectivity index (χ0v) is 21.2. The molecular formula is C25H28N6O4S. The lowest BCUT2D eigenvalue weighted by Crippen LogP contribution is -2.36. The molecule has 0 radical (unpaired) electrons. The molecule has 0 aliphatic heterocycles. The van der Waals surface area contributed by atoms with E-state index in [2.05, 4.69) is 37.4 Å². The van der Waals surface area contributed by atoms with Gasteiger partial charge in [0.1, 0.15) is 0 Å². The van der Waals surface area contributed by atoms with Crippen LogP contribution < -0.4 is 4.72 Å². The Hall–Kier alpha value is -3.86. The smallest absolute Gasteiger partial charge is 0.303 e. The van der Waals surface area contributed by atoms with E-state index < -0.39 is 21.2 Å². The number of hydrogen-bond acceptors (Lipinski definition) is 8. The largest absolute Gasteiger partial charge is 0.350 e. The number of unbranched alkanes of at least 4 members (excludes halogenated alkanes) is 1. The third-order valence-corrected chi connectivity index (χ3v) is 7.56. The third-order valence-electron chi connectivity index (χ3n) is 5.85. The molecule has 11 heteroatoms. The Morgan fingerprint density at radius 2 is 1.89 bits per heavy atom. The summed E-state index contributed by atoms with van der Waals surface area (Å²) in [6.07, 6.45) is 2.72. The van der Waals surface area contributed by atoms with Crippen LogP contribution in [-0.2, 0) is 22.9 Å². The SMILES string of the molecule is CCCCc1noc(C(=O)NS(=O)(=O)C(C)C)c1Cc1ccc(-c2ccccc2)c(-c2nnn[nH]2)c1. The molecule has 0 bridgehead atoms. The number of nitrogens with one attached hydrogen (secondary N) is 2. The number of tetrazole rings is 1. The lowest BCUT2D eigenvalue weighted by Gasteiger charge is -2.12. The summed E-state index contributed by atoms with van der Waals surface area (Å²) < 4.78 is 32.1. The summed E-state index contributed by atoms with van der Waals surface area (Å²) in [4.78, 5) is 12.9. The molecule has 0 aliphatic carbocycles. The standard InChI is InChI=1S/C25H28N6O4S/c1-4-5-11-22-21(23(35-28-22)25(32)29-36(33,34)16(2)3)15-17-12-13-19(18-9-7-6-8-10-18)20(14-17)24-26-30-31-27-24/h6-10,12-14,16H,4-5,11,15H2,1-3H3,(H,29,32)(H,26,27,30,31). The van der Waals surface area contributed by atoms with Crippen LogP contribution in [0.25, 0.3) is 22.5 Å². The maximum absolute atomic E-state index is 12.9. The van der Waals surface area contributed by atoms with Crippen molar-refractivity contribution in [2.24, 2.45) is 0 Å². The molecule has 2 aromatic carbocycles. The lowest BCUT2D eigenvalue weighted by molar-refractivity contribution is 0.0944. The van der Waals surface area contributed by atoms with Crippen molar-refractivity contribution >= 4 is 15.9 Å². The van der Waals surface area contributed by atoms with Gasteiger partial charge in [-0.3, -0.25) is 4.79 Å². The molecule has 0 atom stereocenters. The Bertz CT molecular complexity index is 1430. The van der Waals surface area contributed by atoms with Crippen LogP contribution in [0.4, 0.5) is 0 Å². The average Bonchev–Trinajstić information content (AvgIpc) is 3.53. The predicted molar refractivity (Wildman–Crippen MR) is 134 cm³/mol. The monoisotopic (exact) mass is 508 g/mol. The number of aromatic nitrogens is 5. The van der Waals surface area contributed by atoms with Gasteiger partial charge in [0, 0.05) is 17.5 Å². The van der Waals surface area contributed by atoms with Gasteiger partial charge in [-0.1, -0.05) is 61.0 Å². The average molecular weight is 509 g/mol. The van der Waals surface area contributed by atoms with E-state index >= 15 is 0 Å². The van der Waals surface area contributed by atoms with Gasteiger partial charge in [0.25, 0.3) is 0 Å². The number of aryl methyl sites for hydroxylation is 1. The summed E-state index contributed by atoms with van der Waals surface area (Å²) in [5, 5.41) is 17.7. The fourth-order valence-corrected chi connectivity index (χ4v) is 4.37. The summed E-state index contributed by atoms with van der Waals surface area (Å²) in [6.45, 7) is 5.05. The number of rotatable bonds is 10. The van der Waals surface area contributed by atoms with E-state index in [-0.39, 0.29) is 5.76 Å². The molecule has 2 N–H and O–H groups in total. The molecule has 0 unspecified atom stereocenters. The first-order chi connectivity index (χ1) is 17.3. The number of hydrogen-bond donors (Lipinski definition) is 2. The molecule has 36 heavy (non-hydrogen) atoms. The molecule has 1 amide bonds. The van der Waals surface area contributed by atoms with Crippen molar-refractivity contribution in [3.63, 3.8) is 0 Å². The molecule has 10 nitrogen and oxygen atoms in total. The highest BCUT2D eigenvalue weighted by atomic mass is 32.2. The number of benzene rings is 2. The molecule has 4 aromatic rings. The van der Waals surface area contributed by atoms with Crippen LogP contribution in [0.15, 0.2) is 53.1 Å². The van der Waals surface area contributed by atoms with Crippen molar-refractivity contribution in [3.8, 4) is 22.5 Å². The Balaban J connectivity index is 1.74. The Labute approximate surface area is 209 Å². The van der Waals surface area contributed by atoms with Gasteiger partial charge < -0.3 is 4.52 Å². The zero-order chi connectivity index (χ0) is 25.7. The quantitative estimate of drug-likeness (QED) is 0.328. The molecule has 188 valence electrons. The number of H-pyrrole nitrogens is 1. The second-order valence-electron chi connectivity index (χ2n) is 8.74. The van der Waals surface area contributed by atoms with Crippen LogP contribution in [0.3, 0.4) is 0 Å². The van der Waals surface area contributed by atoms with Gasteiger partial charge in [-0.25, -0.2) is 18.2 Å². The van der Waals surface area contributed by atoms with Crippen molar-refractivity contribution in [1.29, 1.82) is 0 Å². The van der Waals surface area contributed by atoms with Crippen LogP contribution in [0.1, 0.15) is 61.0 Å². The number of carbonyl (C=O) groups is 1. The van der Waals surface area contributed by atoms with E-state index in [1.54, 1.807) is 0 Å². The van der Waals surface area contributed by atoms with E-state index in [0.717, 1.165) is 35.1 Å². The van der Waals surface area contributed by atoms with E-state index in [9.17, 15) is 13.2 Å². The first kappa shape index (κ1) is 25.2. The first-order valence-corrected chi connectivity index (χ1v) is 13.3. The first-order valence-electron chi connectivity index (χ1n) is 11.8. The van der Waals surface area contributed by atoms with Gasteiger partial charge in [0.2, 0.25) is 15.8 Å². The second-order valence-corrected chi connectivity index (χ2v) is 11.0. The summed E-state index contributed by atoms with van der Waals surface area (Å²) in [5.41, 5.74) is 4.80. The molecule has 2 heterocycles. The number of carbonyl (C=O) groups excluding carboxylic acids is 1. The van der Waals surface area contributed by atoms with Crippen LogP contribution >= 0.6 is 0 Å². The molecule has 0 saturated heterocycles. The number of nitrogens with zero attached hydrogens (tertiary/aromatic N) is 4. The van der Waals surface area contributed by atoms with E-state index in [1.807, 2.05) is 48.5 Å². The number of amides is 1. The molecule has 4 rings (SSSR count). The van der Waals surface area contributed by atoms with E-state index in [1.165, 1.54) is 13.8 Å². The van der Waals surface area contributed by atoms with Crippen molar-refractivity contribution in [2.75, 3.05) is 0 Å². The normalized spacial score (nSPS) is 11.7. The predicted octanol–water partition coefficient (Wildman–Crippen LogP) is 3.92. The number of sulfonamides is 1. The van der Waals surface area contributed by atoms with Crippen molar-refractivity contribution in [2.45, 2.75) is 51.7 Å². The summed E-state index contributed by atoms with van der Waals surface area (Å²) in [5.74, 6) is -0.414. The molecule has 0 saturated carbocycles. The highest BCUT2D eigenvalue weighted by Crippen LogP contribution is 2.32. The highest BCUT2D eigenvalue weighted by Gasteiger charge is 2.27. The van der Waals surface area contributed by atoms with Crippen LogP contribution in [0.2, 0.25) is 0 Å².